The largest absolute Gasteiger partial charge is 0.382 e. The fourth-order valence-electron chi connectivity index (χ4n) is 5.36. The van der Waals surface area contributed by atoms with Crippen LogP contribution in [0, 0.1) is 5.41 Å². The number of fused-ring (bicyclic) bond motifs is 3. The summed E-state index contributed by atoms with van der Waals surface area (Å²) < 4.78 is 1.95. The summed E-state index contributed by atoms with van der Waals surface area (Å²) in [5.74, 6) is 2.98. The monoisotopic (exact) mass is 506 g/mol. The molecule has 0 radical (unpaired) electrons. The maximum absolute atomic E-state index is 6.37. The average molecular weight is 507 g/mol. The third-order valence-electron chi connectivity index (χ3n) is 7.26. The van der Waals surface area contributed by atoms with Crippen molar-refractivity contribution < 1.29 is 0 Å². The van der Waals surface area contributed by atoms with Crippen molar-refractivity contribution in [2.24, 2.45) is 22.4 Å². The van der Waals surface area contributed by atoms with Crippen LogP contribution >= 0.6 is 23.4 Å². The Kier molecular flexibility index (Phi) is 5.49. The molecule has 1 saturated heterocycles. The highest BCUT2D eigenvalue weighted by molar-refractivity contribution is 8.03. The average Bonchev–Trinajstić information content (AvgIpc) is 3.33. The molecule has 180 valence electrons. The Hall–Kier alpha value is -3.04. The van der Waals surface area contributed by atoms with Gasteiger partial charge in [-0.1, -0.05) is 23.4 Å². The second kappa shape index (κ2) is 8.57. The van der Waals surface area contributed by atoms with Crippen LogP contribution in [0.2, 0.25) is 5.02 Å². The molecule has 6 rings (SSSR count). The summed E-state index contributed by atoms with van der Waals surface area (Å²) in [5.41, 5.74) is 8.95. The van der Waals surface area contributed by atoms with E-state index in [0.717, 1.165) is 66.1 Å². The first-order chi connectivity index (χ1) is 16.9. The molecule has 2 aromatic rings. The number of aryl methyl sites for hydroxylation is 1. The lowest BCUT2D eigenvalue weighted by atomic mass is 9.76. The van der Waals surface area contributed by atoms with Gasteiger partial charge in [-0.3, -0.25) is 4.68 Å². The number of likely N-dealkylation sites (N-methyl/N-ethyl adjacent to an activating group) is 1. The van der Waals surface area contributed by atoms with Crippen LogP contribution in [0.1, 0.15) is 24.1 Å². The third-order valence-corrected chi connectivity index (χ3v) is 8.87. The molecule has 5 heterocycles. The van der Waals surface area contributed by atoms with Gasteiger partial charge in [0.1, 0.15) is 23.3 Å². The summed E-state index contributed by atoms with van der Waals surface area (Å²) in [7, 11) is 4.01. The molecular formula is C25H27ClN8S. The van der Waals surface area contributed by atoms with Crippen LogP contribution in [0.15, 0.2) is 68.1 Å². The number of anilines is 1. The number of pyridine rings is 1. The molecule has 0 saturated carbocycles. The van der Waals surface area contributed by atoms with Crippen LogP contribution in [0.5, 0.6) is 0 Å². The maximum Gasteiger partial charge on any atom is 0.147 e. The van der Waals surface area contributed by atoms with Crippen molar-refractivity contribution in [3.63, 3.8) is 0 Å². The summed E-state index contributed by atoms with van der Waals surface area (Å²) in [6.45, 7) is 1.98. The maximum atomic E-state index is 6.37. The lowest BCUT2D eigenvalue weighted by molar-refractivity contribution is 0.134. The molecule has 0 atom stereocenters. The normalized spacial score (nSPS) is 20.7. The number of amidine groups is 1. The number of aliphatic imine (C=N–C) groups is 2. The molecule has 35 heavy (non-hydrogen) atoms. The van der Waals surface area contributed by atoms with E-state index >= 15 is 0 Å². The van der Waals surface area contributed by atoms with Crippen LogP contribution in [-0.2, 0) is 19.9 Å². The molecule has 4 aliphatic rings. The second-order valence-electron chi connectivity index (χ2n) is 9.58. The van der Waals surface area contributed by atoms with Crippen LogP contribution < -0.4 is 5.73 Å². The van der Waals surface area contributed by atoms with Gasteiger partial charge in [0, 0.05) is 50.7 Å². The topological polar surface area (TPSA) is 87.9 Å². The summed E-state index contributed by atoms with van der Waals surface area (Å²) in [4.78, 5) is 20.1. The van der Waals surface area contributed by atoms with Crippen molar-refractivity contribution in [1.82, 2.24) is 24.6 Å². The lowest BCUT2D eigenvalue weighted by Gasteiger charge is -2.40. The Morgan fingerprint density at radius 2 is 1.97 bits per heavy atom. The Bertz CT molecular complexity index is 1320. The van der Waals surface area contributed by atoms with Gasteiger partial charge in [0.25, 0.3) is 0 Å². The number of rotatable bonds is 3. The van der Waals surface area contributed by atoms with Crippen LogP contribution in [-0.4, -0.2) is 56.8 Å². The molecule has 0 amide bonds. The molecule has 1 spiro atoms. The molecule has 0 aromatic carbocycles. The van der Waals surface area contributed by atoms with Gasteiger partial charge < -0.3 is 15.5 Å². The lowest BCUT2D eigenvalue weighted by Crippen LogP contribution is -2.40. The standard InChI is InChI=1S/C25H27ClN8S/c1-32-15-16-13-25(14-17(16)31-32)7-11-34(12-8-25)21-6-10-29-24-19(3-4-20(30-21)33(24)2)35-18-5-9-28-23(27)22(18)26/h3-6,9-10,15H,7-8,11-14H2,1-2H3,(H2,27,28). The first-order valence-corrected chi connectivity index (χ1v) is 12.9. The van der Waals surface area contributed by atoms with E-state index in [2.05, 4.69) is 21.2 Å². The van der Waals surface area contributed by atoms with Gasteiger partial charge in [0.05, 0.1) is 15.6 Å². The Balaban J connectivity index is 1.20. The van der Waals surface area contributed by atoms with E-state index < -0.39 is 0 Å². The third kappa shape index (κ3) is 4.06. The first kappa shape index (κ1) is 22.4. The van der Waals surface area contributed by atoms with E-state index in [1.54, 1.807) is 6.20 Å². The predicted molar refractivity (Wildman–Crippen MR) is 141 cm³/mol. The van der Waals surface area contributed by atoms with Crippen molar-refractivity contribution in [3.8, 4) is 0 Å². The highest BCUT2D eigenvalue weighted by atomic mass is 35.5. The van der Waals surface area contributed by atoms with Gasteiger partial charge >= 0.3 is 0 Å². The van der Waals surface area contributed by atoms with Crippen molar-refractivity contribution >= 4 is 41.2 Å². The van der Waals surface area contributed by atoms with Crippen LogP contribution in [0.3, 0.4) is 0 Å². The molecule has 2 bridgehead atoms. The molecule has 1 aliphatic carbocycles. The zero-order chi connectivity index (χ0) is 24.2. The van der Waals surface area contributed by atoms with E-state index in [4.69, 9.17) is 27.3 Å². The summed E-state index contributed by atoms with van der Waals surface area (Å²) in [5, 5.41) is 5.13. The number of piperidine rings is 1. The summed E-state index contributed by atoms with van der Waals surface area (Å²) in [6.07, 6.45) is 16.3. The zero-order valence-electron chi connectivity index (χ0n) is 19.8. The number of thioether (sulfide) groups is 1. The number of halogens is 1. The quantitative estimate of drug-likeness (QED) is 0.676. The number of aromatic nitrogens is 3. The number of hydrogen-bond donors (Lipinski definition) is 1. The summed E-state index contributed by atoms with van der Waals surface area (Å²) in [6, 6.07) is 1.86. The minimum atomic E-state index is 0.326. The van der Waals surface area contributed by atoms with Crippen molar-refractivity contribution in [1.29, 1.82) is 0 Å². The summed E-state index contributed by atoms with van der Waals surface area (Å²) >= 11 is 7.89. The van der Waals surface area contributed by atoms with Gasteiger partial charge in [-0.2, -0.15) is 5.10 Å². The number of hydrogen-bond acceptors (Lipinski definition) is 8. The van der Waals surface area contributed by atoms with E-state index in [-0.39, 0.29) is 0 Å². The molecule has 10 heteroatoms. The van der Waals surface area contributed by atoms with Gasteiger partial charge in [0.2, 0.25) is 0 Å². The van der Waals surface area contributed by atoms with Crippen LogP contribution in [0.25, 0.3) is 0 Å². The van der Waals surface area contributed by atoms with E-state index in [9.17, 15) is 0 Å². The number of allylic oxidation sites excluding steroid dienone is 2. The van der Waals surface area contributed by atoms with E-state index in [1.165, 1.54) is 23.0 Å². The first-order valence-electron chi connectivity index (χ1n) is 11.7. The predicted octanol–water partition coefficient (Wildman–Crippen LogP) is 4.02. The molecule has 1 fully saturated rings. The number of nitrogens with two attached hydrogens (primary N) is 1. The molecule has 8 nitrogen and oxygen atoms in total. The SMILES string of the molecule is CN1C2=NC(N3CCC4(CC3)Cc3cn(C)nc3C4)=CC=NC1=C(Sc1ccnc(N)c1Cl)C=C2. The fourth-order valence-corrected chi connectivity index (χ4v) is 6.57. The van der Waals surface area contributed by atoms with Crippen molar-refractivity contribution in [2.45, 2.75) is 30.6 Å². The van der Waals surface area contributed by atoms with E-state index in [1.807, 2.05) is 54.2 Å². The van der Waals surface area contributed by atoms with Gasteiger partial charge in [-0.25, -0.2) is 15.0 Å². The Labute approximate surface area is 214 Å². The molecular weight excluding hydrogens is 480 g/mol. The highest BCUT2D eigenvalue weighted by Crippen LogP contribution is 2.45. The minimum Gasteiger partial charge on any atom is -0.382 e. The van der Waals surface area contributed by atoms with Gasteiger partial charge in [0.15, 0.2) is 0 Å². The number of nitrogens with zero attached hydrogens (tertiary/aromatic N) is 7. The second-order valence-corrected chi connectivity index (χ2v) is 11.0. The van der Waals surface area contributed by atoms with Crippen LogP contribution in [0.4, 0.5) is 5.82 Å². The molecule has 3 aliphatic heterocycles. The van der Waals surface area contributed by atoms with Crippen molar-refractivity contribution in [3.05, 3.63) is 69.5 Å². The number of nitrogen functional groups attached to an aromatic ring is 1. The van der Waals surface area contributed by atoms with Crippen molar-refractivity contribution in [2.75, 3.05) is 25.9 Å². The molecule has 2 aromatic heterocycles. The fraction of sp³-hybridized carbons (Fsp3) is 0.360. The zero-order valence-corrected chi connectivity index (χ0v) is 21.4. The smallest absolute Gasteiger partial charge is 0.147 e. The highest BCUT2D eigenvalue weighted by Gasteiger charge is 2.41. The van der Waals surface area contributed by atoms with Gasteiger partial charge in [-0.05, 0) is 61.0 Å². The molecule has 2 N–H and O–H groups in total. The Morgan fingerprint density at radius 1 is 1.14 bits per heavy atom. The molecule has 0 unspecified atom stereocenters. The Morgan fingerprint density at radius 3 is 2.77 bits per heavy atom. The minimum absolute atomic E-state index is 0.326. The number of likely N-dealkylation sites (tertiary alicyclic amines) is 1. The van der Waals surface area contributed by atoms with E-state index in [0.29, 0.717) is 16.3 Å². The van der Waals surface area contributed by atoms with Gasteiger partial charge in [-0.15, -0.1) is 0 Å².